The van der Waals surface area contributed by atoms with Gasteiger partial charge in [0.15, 0.2) is 5.96 Å². The lowest BCUT2D eigenvalue weighted by molar-refractivity contribution is 0.0954. The average molecular weight is 518 g/mol. The minimum atomic E-state index is -0.373. The van der Waals surface area contributed by atoms with Crippen molar-refractivity contribution in [1.29, 1.82) is 0 Å². The number of aryl methyl sites for hydroxylation is 1. The van der Waals surface area contributed by atoms with Crippen molar-refractivity contribution in [3.63, 3.8) is 0 Å². The molecule has 1 heterocycles. The molecule has 0 bridgehead atoms. The van der Waals surface area contributed by atoms with E-state index in [0.29, 0.717) is 24.2 Å². The Hall–Kier alpha value is -1.68. The molecule has 0 fully saturated rings. The predicted octanol–water partition coefficient (Wildman–Crippen LogP) is 3.68. The van der Waals surface area contributed by atoms with Gasteiger partial charge in [0.1, 0.15) is 5.82 Å². The van der Waals surface area contributed by atoms with E-state index in [9.17, 15) is 9.18 Å². The minimum absolute atomic E-state index is 0. The Morgan fingerprint density at radius 2 is 2.07 bits per heavy atom. The molecule has 1 amide bonds. The molecule has 0 aliphatic carbocycles. The van der Waals surface area contributed by atoms with E-state index in [4.69, 9.17) is 0 Å². The summed E-state index contributed by atoms with van der Waals surface area (Å²) in [6.07, 6.45) is 0.967. The largest absolute Gasteiger partial charge is 0.357 e. The van der Waals surface area contributed by atoms with Crippen molar-refractivity contribution in [3.05, 3.63) is 57.5 Å². The Balaban J connectivity index is 0.00000392. The number of thiophene rings is 1. The number of nitrogens with one attached hydrogen (secondary N) is 2. The van der Waals surface area contributed by atoms with Crippen LogP contribution in [0.3, 0.4) is 0 Å². The molecule has 154 valence electrons. The second-order valence-corrected chi connectivity index (χ2v) is 7.24. The third-order valence-corrected chi connectivity index (χ3v) is 5.00. The van der Waals surface area contributed by atoms with Gasteiger partial charge in [-0.05, 0) is 49.4 Å². The fourth-order valence-electron chi connectivity index (χ4n) is 2.48. The van der Waals surface area contributed by atoms with E-state index in [2.05, 4.69) is 38.0 Å². The van der Waals surface area contributed by atoms with Gasteiger partial charge in [0.2, 0.25) is 0 Å². The van der Waals surface area contributed by atoms with Crippen LogP contribution in [0.2, 0.25) is 0 Å². The van der Waals surface area contributed by atoms with Crippen LogP contribution in [0.5, 0.6) is 0 Å². The maximum atomic E-state index is 13.6. The van der Waals surface area contributed by atoms with Crippen LogP contribution < -0.4 is 10.6 Å². The molecule has 0 saturated heterocycles. The van der Waals surface area contributed by atoms with Crippen LogP contribution >= 0.6 is 35.3 Å². The zero-order valence-electron chi connectivity index (χ0n) is 16.5. The number of aliphatic imine (C=N–C) groups is 1. The molecule has 0 atom stereocenters. The van der Waals surface area contributed by atoms with E-state index in [-0.39, 0.29) is 35.7 Å². The van der Waals surface area contributed by atoms with Gasteiger partial charge in [0.25, 0.3) is 5.91 Å². The lowest BCUT2D eigenvalue weighted by Gasteiger charge is -2.21. The van der Waals surface area contributed by atoms with Crippen molar-refractivity contribution < 1.29 is 9.18 Å². The van der Waals surface area contributed by atoms with E-state index in [0.717, 1.165) is 25.5 Å². The summed E-state index contributed by atoms with van der Waals surface area (Å²) in [5.41, 5.74) is 0.846. The van der Waals surface area contributed by atoms with Gasteiger partial charge < -0.3 is 15.5 Å². The van der Waals surface area contributed by atoms with Gasteiger partial charge in [0.05, 0.1) is 6.54 Å². The lowest BCUT2D eigenvalue weighted by Crippen LogP contribution is -2.40. The molecular weight excluding hydrogens is 490 g/mol. The molecule has 1 aromatic heterocycles. The molecular formula is C20H28FIN4OS. The maximum Gasteiger partial charge on any atom is 0.251 e. The SMILES string of the molecule is CCNC(=NCCNC(=O)c1ccc(C)c(F)c1)N(C)CCc1cccs1.I. The van der Waals surface area contributed by atoms with Gasteiger partial charge in [-0.2, -0.15) is 0 Å². The molecule has 1 aromatic carbocycles. The Kier molecular flexibility index (Phi) is 11.1. The number of hydrogen-bond acceptors (Lipinski definition) is 3. The van der Waals surface area contributed by atoms with Crippen LogP contribution in [-0.2, 0) is 6.42 Å². The van der Waals surface area contributed by atoms with Gasteiger partial charge in [-0.1, -0.05) is 12.1 Å². The minimum Gasteiger partial charge on any atom is -0.357 e. The first-order valence-corrected chi connectivity index (χ1v) is 9.95. The van der Waals surface area contributed by atoms with Crippen molar-refractivity contribution >= 4 is 47.2 Å². The summed E-state index contributed by atoms with van der Waals surface area (Å²) in [4.78, 5) is 20.1. The summed E-state index contributed by atoms with van der Waals surface area (Å²) >= 11 is 1.75. The number of carbonyl (C=O) groups excluding carboxylic acids is 1. The average Bonchev–Trinajstić information content (AvgIpc) is 3.18. The molecule has 2 aromatic rings. The van der Waals surface area contributed by atoms with Crippen molar-refractivity contribution in [2.24, 2.45) is 4.99 Å². The fourth-order valence-corrected chi connectivity index (χ4v) is 3.17. The van der Waals surface area contributed by atoms with Crippen molar-refractivity contribution in [3.8, 4) is 0 Å². The van der Waals surface area contributed by atoms with Crippen molar-refractivity contribution in [2.45, 2.75) is 20.3 Å². The van der Waals surface area contributed by atoms with E-state index >= 15 is 0 Å². The molecule has 28 heavy (non-hydrogen) atoms. The molecule has 5 nitrogen and oxygen atoms in total. The number of benzene rings is 1. The Labute approximate surface area is 187 Å². The number of hydrogen-bond donors (Lipinski definition) is 2. The van der Waals surface area contributed by atoms with Crippen LogP contribution in [0.15, 0.2) is 40.7 Å². The fraction of sp³-hybridized carbons (Fsp3) is 0.400. The number of nitrogens with zero attached hydrogens (tertiary/aromatic N) is 2. The molecule has 0 saturated carbocycles. The van der Waals surface area contributed by atoms with Crippen LogP contribution in [0.1, 0.15) is 27.7 Å². The molecule has 0 spiro atoms. The Bertz CT molecular complexity index is 768. The highest BCUT2D eigenvalue weighted by Crippen LogP contribution is 2.10. The smallest absolute Gasteiger partial charge is 0.251 e. The zero-order valence-corrected chi connectivity index (χ0v) is 19.6. The summed E-state index contributed by atoms with van der Waals surface area (Å²) in [7, 11) is 2.00. The number of carbonyl (C=O) groups is 1. The van der Waals surface area contributed by atoms with Crippen molar-refractivity contribution in [1.82, 2.24) is 15.5 Å². The predicted molar refractivity (Wildman–Crippen MR) is 126 cm³/mol. The Morgan fingerprint density at radius 1 is 1.29 bits per heavy atom. The molecule has 0 aliphatic heterocycles. The number of guanidine groups is 1. The van der Waals surface area contributed by atoms with Gasteiger partial charge in [-0.15, -0.1) is 35.3 Å². The topological polar surface area (TPSA) is 56.7 Å². The first kappa shape index (κ1) is 24.4. The van der Waals surface area contributed by atoms with E-state index in [1.807, 2.05) is 14.0 Å². The monoisotopic (exact) mass is 518 g/mol. The molecule has 0 aliphatic rings. The number of amides is 1. The normalized spacial score (nSPS) is 10.9. The molecule has 0 unspecified atom stereocenters. The first-order valence-electron chi connectivity index (χ1n) is 9.07. The number of rotatable bonds is 8. The quantitative estimate of drug-likeness (QED) is 0.243. The first-order chi connectivity index (χ1) is 13.0. The summed E-state index contributed by atoms with van der Waals surface area (Å²) in [6, 6.07) is 8.68. The van der Waals surface area contributed by atoms with Crippen LogP contribution in [0, 0.1) is 12.7 Å². The summed E-state index contributed by atoms with van der Waals surface area (Å²) in [5.74, 6) is 0.146. The van der Waals surface area contributed by atoms with E-state index in [1.165, 1.54) is 10.9 Å². The van der Waals surface area contributed by atoms with Crippen LogP contribution in [0.4, 0.5) is 4.39 Å². The van der Waals surface area contributed by atoms with Crippen molar-refractivity contribution in [2.75, 3.05) is 33.2 Å². The zero-order chi connectivity index (χ0) is 19.6. The van der Waals surface area contributed by atoms with Gasteiger partial charge >= 0.3 is 0 Å². The maximum absolute atomic E-state index is 13.6. The van der Waals surface area contributed by atoms with Crippen LogP contribution in [0.25, 0.3) is 0 Å². The molecule has 2 rings (SSSR count). The lowest BCUT2D eigenvalue weighted by atomic mass is 10.1. The summed E-state index contributed by atoms with van der Waals surface area (Å²) < 4.78 is 13.6. The molecule has 2 N–H and O–H groups in total. The number of halogens is 2. The van der Waals surface area contributed by atoms with Crippen LogP contribution in [-0.4, -0.2) is 50.0 Å². The Morgan fingerprint density at radius 3 is 2.71 bits per heavy atom. The third-order valence-electron chi connectivity index (χ3n) is 4.06. The summed E-state index contributed by atoms with van der Waals surface area (Å²) in [6.45, 7) is 6.17. The van der Waals surface area contributed by atoms with Gasteiger partial charge in [-0.25, -0.2) is 4.39 Å². The van der Waals surface area contributed by atoms with E-state index in [1.54, 1.807) is 30.4 Å². The summed E-state index contributed by atoms with van der Waals surface area (Å²) in [5, 5.41) is 8.12. The number of likely N-dealkylation sites (N-methyl/N-ethyl adjacent to an activating group) is 1. The molecule has 0 radical (unpaired) electrons. The highest BCUT2D eigenvalue weighted by Gasteiger charge is 2.08. The third kappa shape index (κ3) is 7.75. The van der Waals surface area contributed by atoms with Gasteiger partial charge in [-0.3, -0.25) is 9.79 Å². The highest BCUT2D eigenvalue weighted by molar-refractivity contribution is 14.0. The standard InChI is InChI=1S/C20H27FN4OS.HI/c1-4-22-20(25(3)12-9-17-6-5-13-27-17)24-11-10-23-19(26)16-8-7-15(2)18(21)14-16;/h5-8,13-14H,4,9-12H2,1-3H3,(H,22,24)(H,23,26);1H. The van der Waals surface area contributed by atoms with Gasteiger partial charge in [0, 0.05) is 37.1 Å². The van der Waals surface area contributed by atoms with E-state index < -0.39 is 0 Å². The second-order valence-electron chi connectivity index (χ2n) is 6.21. The molecule has 8 heteroatoms. The highest BCUT2D eigenvalue weighted by atomic mass is 127. The second kappa shape index (κ2) is 12.7.